The molecule has 0 N–H and O–H groups in total. The maximum atomic E-state index is 13.2. The molecule has 2 heterocycles. The molecule has 0 aliphatic carbocycles. The fourth-order valence-corrected chi connectivity index (χ4v) is 3.19. The Morgan fingerprint density at radius 1 is 1.23 bits per heavy atom. The molecule has 1 amide bonds. The van der Waals surface area contributed by atoms with Gasteiger partial charge < -0.3 is 9.47 Å². The first kappa shape index (κ1) is 20.6. The SMILES string of the molecule is C=C/C(=C(\CC)OC(C)(C)N1CCN(N2CCOC2=O)CC1)C(F)(F)F. The Hall–Kier alpha value is -1.74. The number of hydrogen-bond donors (Lipinski definition) is 0. The Morgan fingerprint density at radius 3 is 2.27 bits per heavy atom. The van der Waals surface area contributed by atoms with Crippen LogP contribution in [0.5, 0.6) is 0 Å². The highest BCUT2D eigenvalue weighted by molar-refractivity contribution is 5.68. The molecule has 0 radical (unpaired) electrons. The number of carbonyl (C=O) groups is 1. The Balaban J connectivity index is 2.05. The van der Waals surface area contributed by atoms with Gasteiger partial charge in [0.05, 0.1) is 12.1 Å². The van der Waals surface area contributed by atoms with E-state index in [4.69, 9.17) is 9.47 Å². The highest BCUT2D eigenvalue weighted by Gasteiger charge is 2.39. The lowest BCUT2D eigenvalue weighted by Crippen LogP contribution is -2.59. The molecule has 9 heteroatoms. The van der Waals surface area contributed by atoms with Gasteiger partial charge in [-0.15, -0.1) is 0 Å². The zero-order valence-corrected chi connectivity index (χ0v) is 15.4. The van der Waals surface area contributed by atoms with Crippen LogP contribution in [0.3, 0.4) is 0 Å². The van der Waals surface area contributed by atoms with Gasteiger partial charge in [-0.2, -0.15) is 13.2 Å². The number of allylic oxidation sites excluding steroid dienone is 3. The van der Waals surface area contributed by atoms with E-state index in [1.54, 1.807) is 25.8 Å². The number of cyclic esters (lactones) is 1. The van der Waals surface area contributed by atoms with Crippen molar-refractivity contribution in [3.05, 3.63) is 24.0 Å². The Bertz CT molecular complexity index is 567. The summed E-state index contributed by atoms with van der Waals surface area (Å²) in [5.74, 6) is -0.122. The summed E-state index contributed by atoms with van der Waals surface area (Å²) >= 11 is 0. The van der Waals surface area contributed by atoms with Gasteiger partial charge in [0.2, 0.25) is 0 Å². The van der Waals surface area contributed by atoms with Crippen LogP contribution in [0.4, 0.5) is 18.0 Å². The van der Waals surface area contributed by atoms with Crippen molar-refractivity contribution < 1.29 is 27.4 Å². The number of nitrogens with zero attached hydrogens (tertiary/aromatic N) is 3. The first-order valence-electron chi connectivity index (χ1n) is 8.66. The van der Waals surface area contributed by atoms with E-state index in [1.165, 1.54) is 0 Å². The standard InChI is InChI=1S/C17H26F3N3O3/c1-5-13(17(18,19)20)14(6-2)26-16(3,4)21-7-9-22(10-8-21)23-11-12-25-15(23)24/h5H,1,6-12H2,2-4H3/b14-13-. The molecular weight excluding hydrogens is 351 g/mol. The predicted molar refractivity (Wildman–Crippen MR) is 89.9 cm³/mol. The second kappa shape index (κ2) is 7.87. The second-order valence-corrected chi connectivity index (χ2v) is 6.62. The largest absolute Gasteiger partial charge is 0.477 e. The van der Waals surface area contributed by atoms with Crippen LogP contribution in [0.15, 0.2) is 24.0 Å². The van der Waals surface area contributed by atoms with Crippen LogP contribution >= 0.6 is 0 Å². The average molecular weight is 377 g/mol. The third kappa shape index (κ3) is 4.50. The molecule has 0 unspecified atom stereocenters. The summed E-state index contributed by atoms with van der Waals surface area (Å²) < 4.78 is 50.2. The molecule has 2 fully saturated rings. The summed E-state index contributed by atoms with van der Waals surface area (Å²) in [7, 11) is 0. The van der Waals surface area contributed by atoms with E-state index in [2.05, 4.69) is 6.58 Å². The monoisotopic (exact) mass is 377 g/mol. The van der Waals surface area contributed by atoms with E-state index in [0.29, 0.717) is 39.3 Å². The van der Waals surface area contributed by atoms with E-state index in [9.17, 15) is 18.0 Å². The highest BCUT2D eigenvalue weighted by atomic mass is 19.4. The highest BCUT2D eigenvalue weighted by Crippen LogP contribution is 2.33. The zero-order valence-electron chi connectivity index (χ0n) is 15.4. The molecule has 0 aromatic heterocycles. The molecule has 2 saturated heterocycles. The van der Waals surface area contributed by atoms with Gasteiger partial charge in [0.1, 0.15) is 12.4 Å². The number of carbonyl (C=O) groups excluding carboxylic acids is 1. The lowest BCUT2D eigenvalue weighted by atomic mass is 10.1. The molecule has 148 valence electrons. The maximum Gasteiger partial charge on any atom is 0.424 e. The average Bonchev–Trinajstić information content (AvgIpc) is 2.99. The Kier molecular flexibility index (Phi) is 6.23. The predicted octanol–water partition coefficient (Wildman–Crippen LogP) is 3.14. The van der Waals surface area contributed by atoms with Crippen molar-refractivity contribution in [2.75, 3.05) is 39.3 Å². The molecule has 0 saturated carbocycles. The van der Waals surface area contributed by atoms with Crippen LogP contribution in [0.25, 0.3) is 0 Å². The molecule has 0 aromatic carbocycles. The number of hydrazine groups is 1. The molecule has 0 atom stereocenters. The molecular formula is C17H26F3N3O3. The van der Waals surface area contributed by atoms with Crippen LogP contribution in [-0.4, -0.2) is 72.2 Å². The summed E-state index contributed by atoms with van der Waals surface area (Å²) in [6.45, 7) is 11.6. The Labute approximate surface area is 151 Å². The molecule has 2 aliphatic heterocycles. The van der Waals surface area contributed by atoms with Gasteiger partial charge in [0.25, 0.3) is 0 Å². The number of ether oxygens (including phenoxy) is 2. The summed E-state index contributed by atoms with van der Waals surface area (Å²) in [6.07, 6.45) is -3.95. The number of hydrogen-bond acceptors (Lipinski definition) is 5. The van der Waals surface area contributed by atoms with Gasteiger partial charge in [0, 0.05) is 32.6 Å². The number of rotatable bonds is 6. The summed E-state index contributed by atoms with van der Waals surface area (Å²) in [5, 5.41) is 3.48. The van der Waals surface area contributed by atoms with Crippen LogP contribution in [0.1, 0.15) is 27.2 Å². The van der Waals surface area contributed by atoms with Crippen LogP contribution in [-0.2, 0) is 9.47 Å². The van der Waals surface area contributed by atoms with Crippen LogP contribution in [0, 0.1) is 0 Å². The van der Waals surface area contributed by atoms with Gasteiger partial charge in [-0.3, -0.25) is 4.90 Å². The van der Waals surface area contributed by atoms with Crippen LogP contribution < -0.4 is 0 Å². The number of piperazine rings is 1. The quantitative estimate of drug-likeness (QED) is 0.526. The Morgan fingerprint density at radius 2 is 1.85 bits per heavy atom. The smallest absolute Gasteiger partial charge is 0.424 e. The number of halogens is 3. The first-order valence-corrected chi connectivity index (χ1v) is 8.66. The normalized spacial score (nSPS) is 21.5. The van der Waals surface area contributed by atoms with Crippen molar-refractivity contribution in [2.45, 2.75) is 39.1 Å². The minimum Gasteiger partial charge on any atom is -0.477 e. The van der Waals surface area contributed by atoms with E-state index in [0.717, 1.165) is 6.08 Å². The van der Waals surface area contributed by atoms with Crippen molar-refractivity contribution in [1.29, 1.82) is 0 Å². The zero-order chi connectivity index (χ0) is 19.5. The van der Waals surface area contributed by atoms with E-state index in [-0.39, 0.29) is 18.3 Å². The van der Waals surface area contributed by atoms with Crippen molar-refractivity contribution in [3.8, 4) is 0 Å². The van der Waals surface area contributed by atoms with Crippen molar-refractivity contribution in [2.24, 2.45) is 0 Å². The number of alkyl halides is 3. The molecule has 0 bridgehead atoms. The summed E-state index contributed by atoms with van der Waals surface area (Å²) in [6, 6.07) is 0. The molecule has 6 nitrogen and oxygen atoms in total. The summed E-state index contributed by atoms with van der Waals surface area (Å²) in [4.78, 5) is 13.6. The second-order valence-electron chi connectivity index (χ2n) is 6.62. The van der Waals surface area contributed by atoms with Crippen molar-refractivity contribution in [1.82, 2.24) is 14.9 Å². The lowest BCUT2D eigenvalue weighted by Gasteiger charge is -2.45. The molecule has 2 rings (SSSR count). The van der Waals surface area contributed by atoms with E-state index in [1.807, 2.05) is 9.91 Å². The molecule has 2 aliphatic rings. The molecule has 0 aromatic rings. The molecule has 26 heavy (non-hydrogen) atoms. The third-order valence-corrected chi connectivity index (χ3v) is 4.60. The van der Waals surface area contributed by atoms with Gasteiger partial charge >= 0.3 is 12.3 Å². The third-order valence-electron chi connectivity index (χ3n) is 4.60. The van der Waals surface area contributed by atoms with E-state index < -0.39 is 17.5 Å². The van der Waals surface area contributed by atoms with E-state index >= 15 is 0 Å². The minimum absolute atomic E-state index is 0.115. The lowest BCUT2D eigenvalue weighted by molar-refractivity contribution is -0.140. The fraction of sp³-hybridized carbons (Fsp3) is 0.706. The first-order chi connectivity index (χ1) is 12.1. The van der Waals surface area contributed by atoms with Crippen molar-refractivity contribution in [3.63, 3.8) is 0 Å². The molecule has 0 spiro atoms. The van der Waals surface area contributed by atoms with Crippen LogP contribution in [0.2, 0.25) is 0 Å². The van der Waals surface area contributed by atoms with Gasteiger partial charge in [0.15, 0.2) is 5.72 Å². The summed E-state index contributed by atoms with van der Waals surface area (Å²) in [5.41, 5.74) is -1.76. The van der Waals surface area contributed by atoms with Crippen molar-refractivity contribution >= 4 is 6.09 Å². The van der Waals surface area contributed by atoms with Gasteiger partial charge in [-0.25, -0.2) is 14.8 Å². The van der Waals surface area contributed by atoms with Gasteiger partial charge in [-0.05, 0) is 13.8 Å². The number of amides is 1. The maximum absolute atomic E-state index is 13.2. The fourth-order valence-electron chi connectivity index (χ4n) is 3.19. The minimum atomic E-state index is -4.50. The topological polar surface area (TPSA) is 45.2 Å². The van der Waals surface area contributed by atoms with Gasteiger partial charge in [-0.1, -0.05) is 19.6 Å².